The van der Waals surface area contributed by atoms with E-state index in [0.717, 1.165) is 73.2 Å². The molecule has 0 N–H and O–H groups in total. The number of hydrogen-bond acceptors (Lipinski definition) is 11. The van der Waals surface area contributed by atoms with Gasteiger partial charge < -0.3 is 38.2 Å². The van der Waals surface area contributed by atoms with E-state index in [9.17, 15) is 0 Å². The first-order valence-electron chi connectivity index (χ1n) is 26.2. The van der Waals surface area contributed by atoms with Crippen molar-refractivity contribution in [1.82, 2.24) is 15.0 Å². The molecule has 0 fully saturated rings. The van der Waals surface area contributed by atoms with Crippen molar-refractivity contribution in [2.45, 2.75) is 0 Å². The molecule has 0 aliphatic carbocycles. The number of hydrogen-bond donors (Lipinski definition) is 0. The fraction of sp³-hybridized carbons (Fsp3) is 0.0152. The summed E-state index contributed by atoms with van der Waals surface area (Å²) < 4.78 is 11.3. The van der Waals surface area contributed by atoms with Gasteiger partial charge in [-0.15, -0.1) is 96.5 Å². The third-order valence-corrected chi connectivity index (χ3v) is 15.6. The summed E-state index contributed by atoms with van der Waals surface area (Å²) in [7, 11) is 1.91. The summed E-state index contributed by atoms with van der Waals surface area (Å²) in [4.78, 5) is 19.8. The molecule has 0 saturated heterocycles. The molecule has 6 aliphatic rings. The average Bonchev–Trinajstić information content (AvgIpc) is 4.18. The first-order chi connectivity index (χ1) is 39.1. The molecule has 8 heterocycles. The number of para-hydroxylation sites is 1. The Hall–Kier alpha value is -8.88. The van der Waals surface area contributed by atoms with Gasteiger partial charge in [0.2, 0.25) is 0 Å². The van der Waals surface area contributed by atoms with E-state index in [4.69, 9.17) is 8.83 Å². The van der Waals surface area contributed by atoms with Crippen molar-refractivity contribution < 1.29 is 51.0 Å². The summed E-state index contributed by atoms with van der Waals surface area (Å²) in [5.74, 6) is 1.11. The van der Waals surface area contributed by atoms with Crippen LogP contribution in [0.2, 0.25) is 0 Å². The molecule has 0 amide bonds. The molecule has 0 radical (unpaired) electrons. The van der Waals surface area contributed by atoms with Gasteiger partial charge in [0.1, 0.15) is 11.8 Å². The predicted molar refractivity (Wildman–Crippen MR) is 316 cm³/mol. The first kappa shape index (κ1) is 50.3. The molecule has 11 aromatic rings. The zero-order valence-electron chi connectivity index (χ0n) is 43.1. The van der Waals surface area contributed by atoms with E-state index < -0.39 is 0 Å². The maximum atomic E-state index is 5.68. The van der Waals surface area contributed by atoms with Gasteiger partial charge in [-0.2, -0.15) is 12.1 Å². The SMILES string of the molecule is CN1[CH-]N(c2[c-]c3c(cc2)-c2ccccc2B2c4ccccc4-c4ccc(-c5ncco5)[c-]c4N23)C=N1.[Pt].[Pt].[c-]1c(-c2ncco2)ccc2c1N1B(c3ccccc3-2)c2ccccc2-c2ccc(N3C=CN(c4ccccc4)[CH-]3)[c-]c21. The standard InChI is InChI=1S/C36H22BN4O.C30H19BN5O.2Pt/c1-2-8-26(9-3-1)39-19-20-40(24-39)27-15-17-31-29-11-5-7-13-33(29)37-32-12-6-4-10-28(32)30-16-14-25(36-38-18-21-42-36)22-34(30)41(37)35(31)23-27;1-34-19-35(18-33-34)21-11-13-25-23-7-3-5-9-27(23)31-26-8-4-2-6-22(26)24-12-10-20(30-32-14-15-37-30)16-28(24)36(31)29(25)17-21;;/h1-21,24H;2-15,18-19H,1H3;;/q2*-3;;. The van der Waals surface area contributed by atoms with Crippen LogP contribution < -0.4 is 46.2 Å². The fourth-order valence-electron chi connectivity index (χ4n) is 12.1. The molecule has 0 atom stereocenters. The quantitative estimate of drug-likeness (QED) is 0.123. The van der Waals surface area contributed by atoms with Crippen molar-refractivity contribution >= 4 is 81.7 Å². The van der Waals surface area contributed by atoms with Crippen LogP contribution in [0.1, 0.15) is 0 Å². The summed E-state index contributed by atoms with van der Waals surface area (Å²) in [5, 5.41) is 6.14. The molecular weight excluding hydrogens is 1360 g/mol. The summed E-state index contributed by atoms with van der Waals surface area (Å²) in [5.41, 5.74) is 23.1. The van der Waals surface area contributed by atoms with Crippen LogP contribution in [0.4, 0.5) is 39.8 Å². The van der Waals surface area contributed by atoms with Gasteiger partial charge in [-0.1, -0.05) is 204 Å². The van der Waals surface area contributed by atoms with Crippen LogP contribution in [0.15, 0.2) is 227 Å². The minimum atomic E-state index is -0.0288. The van der Waals surface area contributed by atoms with E-state index in [1.54, 1.807) is 36.3 Å². The average molecular weight is 1400 g/mol. The third-order valence-electron chi connectivity index (χ3n) is 15.6. The van der Waals surface area contributed by atoms with Gasteiger partial charge in [0.05, 0.1) is 31.3 Å². The van der Waals surface area contributed by atoms with Crippen LogP contribution in [0.25, 0.3) is 67.4 Å². The van der Waals surface area contributed by atoms with Crippen molar-refractivity contribution in [3.8, 4) is 67.4 Å². The first-order valence-corrected chi connectivity index (χ1v) is 26.2. The number of anilines is 7. The molecule has 9 aromatic carbocycles. The van der Waals surface area contributed by atoms with E-state index in [-0.39, 0.29) is 55.8 Å². The second-order valence-electron chi connectivity index (χ2n) is 19.9. The fourth-order valence-corrected chi connectivity index (χ4v) is 12.1. The zero-order chi connectivity index (χ0) is 52.1. The molecule has 81 heavy (non-hydrogen) atoms. The number of rotatable bonds is 5. The molecule has 0 saturated carbocycles. The summed E-state index contributed by atoms with van der Waals surface area (Å²) in [6.45, 7) is 3.99. The normalized spacial score (nSPS) is 14.1. The van der Waals surface area contributed by atoms with Crippen LogP contribution in [-0.4, -0.2) is 42.1 Å². The van der Waals surface area contributed by atoms with Gasteiger partial charge in [0.15, 0.2) is 0 Å². The van der Waals surface area contributed by atoms with Gasteiger partial charge in [0.25, 0.3) is 0 Å². The van der Waals surface area contributed by atoms with Gasteiger partial charge in [-0.25, -0.2) is 5.10 Å². The summed E-state index contributed by atoms with van der Waals surface area (Å²) in [6.07, 6.45) is 12.5. The Kier molecular flexibility index (Phi) is 12.6. The van der Waals surface area contributed by atoms with E-state index in [2.05, 4.69) is 236 Å². The molecule has 11 nitrogen and oxygen atoms in total. The summed E-state index contributed by atoms with van der Waals surface area (Å²) in [6, 6.07) is 77.1. The van der Waals surface area contributed by atoms with E-state index >= 15 is 0 Å². The van der Waals surface area contributed by atoms with Gasteiger partial charge in [0, 0.05) is 47.8 Å². The summed E-state index contributed by atoms with van der Waals surface area (Å²) >= 11 is 0. The number of fused-ring (bicyclic) bond motifs is 22. The van der Waals surface area contributed by atoms with E-state index in [0.29, 0.717) is 11.8 Å². The molecule has 0 spiro atoms. The van der Waals surface area contributed by atoms with Gasteiger partial charge in [-0.05, 0) is 31.6 Å². The number of nitrogens with zero attached hydrogens (tertiary/aromatic N) is 9. The van der Waals surface area contributed by atoms with Crippen molar-refractivity contribution in [1.29, 1.82) is 0 Å². The molecule has 2 aromatic heterocycles. The van der Waals surface area contributed by atoms with Gasteiger partial charge in [-0.3, -0.25) is 9.97 Å². The molecule has 0 bridgehead atoms. The molecule has 17 rings (SSSR count). The molecule has 394 valence electrons. The minimum Gasteiger partial charge on any atom is -0.500 e. The number of hydrazone groups is 1. The molecule has 0 unspecified atom stereocenters. The van der Waals surface area contributed by atoms with Crippen LogP contribution in [0, 0.1) is 37.6 Å². The minimum absolute atomic E-state index is 0. The Balaban J connectivity index is 0.000000143. The third kappa shape index (κ3) is 8.23. The van der Waals surface area contributed by atoms with Crippen molar-refractivity contribution in [2.75, 3.05) is 31.4 Å². The molecular formula is C66H41B2N9O2Pt2-6. The maximum Gasteiger partial charge on any atom is 0.324 e. The second-order valence-corrected chi connectivity index (χ2v) is 19.9. The Bertz CT molecular complexity index is 4270. The van der Waals surface area contributed by atoms with Crippen molar-refractivity contribution in [3.63, 3.8) is 0 Å². The van der Waals surface area contributed by atoms with Crippen LogP contribution >= 0.6 is 0 Å². The topological polar surface area (TPSA) is 83.9 Å². The van der Waals surface area contributed by atoms with Crippen molar-refractivity contribution in [2.24, 2.45) is 5.10 Å². The second kappa shape index (κ2) is 20.3. The smallest absolute Gasteiger partial charge is 0.324 e. The largest absolute Gasteiger partial charge is 0.500 e. The zero-order valence-corrected chi connectivity index (χ0v) is 47.6. The monoisotopic (exact) mass is 1400 g/mol. The van der Waals surface area contributed by atoms with Crippen LogP contribution in [0.5, 0.6) is 0 Å². The molecule has 15 heteroatoms. The van der Waals surface area contributed by atoms with Gasteiger partial charge >= 0.3 is 13.7 Å². The molecule has 6 aliphatic heterocycles. The number of oxazole rings is 2. The Morgan fingerprint density at radius 1 is 0.407 bits per heavy atom. The van der Waals surface area contributed by atoms with Crippen molar-refractivity contribution in [3.05, 3.63) is 251 Å². The van der Waals surface area contributed by atoms with Crippen LogP contribution in [0.3, 0.4) is 0 Å². The Labute approximate surface area is 498 Å². The maximum absolute atomic E-state index is 5.68. The van der Waals surface area contributed by atoms with E-state index in [1.165, 1.54) is 44.1 Å². The number of benzene rings is 9. The predicted octanol–water partition coefficient (Wildman–Crippen LogP) is 11.4. The van der Waals surface area contributed by atoms with E-state index in [1.807, 2.05) is 36.8 Å². The Morgan fingerprint density at radius 2 is 0.815 bits per heavy atom. The van der Waals surface area contributed by atoms with Crippen LogP contribution in [-0.2, 0) is 42.1 Å². The number of aromatic nitrogens is 2. The Morgan fingerprint density at radius 3 is 1.25 bits per heavy atom.